The lowest BCUT2D eigenvalue weighted by Crippen LogP contribution is -2.26. The van der Waals surface area contributed by atoms with E-state index in [9.17, 15) is 17.6 Å². The summed E-state index contributed by atoms with van der Waals surface area (Å²) in [5.74, 6) is -1.09. The molecule has 2 N–H and O–H groups in total. The number of nitrogens with two attached hydrogens (primary N) is 1. The summed E-state index contributed by atoms with van der Waals surface area (Å²) in [6.07, 6.45) is 0. The predicted octanol–water partition coefficient (Wildman–Crippen LogP) is 2.62. The summed E-state index contributed by atoms with van der Waals surface area (Å²) >= 11 is 0. The van der Waals surface area contributed by atoms with E-state index in [1.807, 2.05) is 0 Å². The Bertz CT molecular complexity index is 1140. The van der Waals surface area contributed by atoms with Crippen molar-refractivity contribution in [3.05, 3.63) is 53.8 Å². The predicted molar refractivity (Wildman–Crippen MR) is 103 cm³/mol. The molecule has 1 aromatic heterocycles. The van der Waals surface area contributed by atoms with Gasteiger partial charge in [-0.3, -0.25) is 4.79 Å². The molecule has 1 amide bonds. The molecule has 0 saturated heterocycles. The fraction of sp³-hybridized carbons (Fsp3) is 0.222. The standard InChI is InChI=1S/C18H19FN4O3S/c1-11(2)27(25,26)23-16-10-14(7-8-15(16)21-18(23)20)22(3)17(24)12-5-4-6-13(19)9-12/h4-11H,1-3H3,(H2,20,21). The molecule has 9 heteroatoms. The molecule has 0 radical (unpaired) electrons. The lowest BCUT2D eigenvalue weighted by atomic mass is 10.2. The van der Waals surface area contributed by atoms with Crippen LogP contribution in [0.2, 0.25) is 0 Å². The summed E-state index contributed by atoms with van der Waals surface area (Å²) in [5, 5.41) is -0.701. The molecule has 0 aliphatic heterocycles. The number of aromatic nitrogens is 2. The summed E-state index contributed by atoms with van der Waals surface area (Å²) in [6, 6.07) is 10.1. The van der Waals surface area contributed by atoms with Gasteiger partial charge in [0.2, 0.25) is 16.0 Å². The number of imidazole rings is 1. The molecule has 0 saturated carbocycles. The number of anilines is 2. The van der Waals surface area contributed by atoms with E-state index in [4.69, 9.17) is 5.73 Å². The van der Waals surface area contributed by atoms with Gasteiger partial charge in [-0.15, -0.1) is 0 Å². The van der Waals surface area contributed by atoms with Crippen LogP contribution in [0.15, 0.2) is 42.5 Å². The SMILES string of the molecule is CC(C)S(=O)(=O)n1c(N)nc2ccc(N(C)C(=O)c3cccc(F)c3)cc21. The van der Waals surface area contributed by atoms with Crippen LogP contribution >= 0.6 is 0 Å². The van der Waals surface area contributed by atoms with Gasteiger partial charge in [-0.05, 0) is 50.2 Å². The highest BCUT2D eigenvalue weighted by molar-refractivity contribution is 7.90. The Kier molecular flexibility index (Phi) is 4.64. The van der Waals surface area contributed by atoms with E-state index in [1.54, 1.807) is 26.0 Å². The van der Waals surface area contributed by atoms with E-state index >= 15 is 0 Å². The molecule has 1 heterocycles. The molecular weight excluding hydrogens is 371 g/mol. The van der Waals surface area contributed by atoms with Gasteiger partial charge in [0.1, 0.15) is 5.82 Å². The first-order valence-electron chi connectivity index (χ1n) is 8.19. The molecule has 27 heavy (non-hydrogen) atoms. The Morgan fingerprint density at radius 3 is 2.56 bits per heavy atom. The molecule has 0 bridgehead atoms. The van der Waals surface area contributed by atoms with Crippen molar-refractivity contribution >= 4 is 38.6 Å². The van der Waals surface area contributed by atoms with Crippen LogP contribution in [0.3, 0.4) is 0 Å². The van der Waals surface area contributed by atoms with E-state index in [0.717, 1.165) is 10.0 Å². The maximum atomic E-state index is 13.4. The minimum atomic E-state index is -3.74. The molecule has 2 aromatic carbocycles. The Hall–Kier alpha value is -2.94. The summed E-state index contributed by atoms with van der Waals surface area (Å²) in [5.41, 5.74) is 7.10. The molecule has 3 aromatic rings. The number of hydrogen-bond donors (Lipinski definition) is 1. The third kappa shape index (κ3) is 3.25. The molecule has 0 fully saturated rings. The zero-order valence-electron chi connectivity index (χ0n) is 15.0. The van der Waals surface area contributed by atoms with Crippen molar-refractivity contribution in [3.8, 4) is 0 Å². The second kappa shape index (κ2) is 6.66. The summed E-state index contributed by atoms with van der Waals surface area (Å²) in [4.78, 5) is 18.0. The topological polar surface area (TPSA) is 98.3 Å². The molecule has 0 spiro atoms. The quantitative estimate of drug-likeness (QED) is 0.738. The van der Waals surface area contributed by atoms with Gasteiger partial charge in [-0.1, -0.05) is 6.07 Å². The van der Waals surface area contributed by atoms with Gasteiger partial charge in [0.15, 0.2) is 0 Å². The van der Waals surface area contributed by atoms with Crippen molar-refractivity contribution in [2.75, 3.05) is 17.7 Å². The number of fused-ring (bicyclic) bond motifs is 1. The normalized spacial score (nSPS) is 11.9. The average Bonchev–Trinajstić information content (AvgIpc) is 2.95. The Labute approximate surface area is 156 Å². The summed E-state index contributed by atoms with van der Waals surface area (Å²) < 4.78 is 39.6. The van der Waals surface area contributed by atoms with E-state index in [-0.39, 0.29) is 17.0 Å². The van der Waals surface area contributed by atoms with Gasteiger partial charge in [0.05, 0.1) is 16.3 Å². The van der Waals surface area contributed by atoms with E-state index in [0.29, 0.717) is 11.2 Å². The van der Waals surface area contributed by atoms with Gasteiger partial charge >= 0.3 is 0 Å². The van der Waals surface area contributed by atoms with Crippen molar-refractivity contribution in [1.82, 2.24) is 8.96 Å². The van der Waals surface area contributed by atoms with Gasteiger partial charge < -0.3 is 10.6 Å². The largest absolute Gasteiger partial charge is 0.368 e. The minimum absolute atomic E-state index is 0.144. The number of carbonyl (C=O) groups is 1. The Balaban J connectivity index is 2.10. The first kappa shape index (κ1) is 18.8. The van der Waals surface area contributed by atoms with Gasteiger partial charge in [-0.2, -0.15) is 0 Å². The number of carbonyl (C=O) groups excluding carboxylic acids is 1. The number of rotatable bonds is 4. The number of nitrogen functional groups attached to an aromatic ring is 1. The fourth-order valence-electron chi connectivity index (χ4n) is 2.68. The zero-order valence-corrected chi connectivity index (χ0v) is 15.9. The van der Waals surface area contributed by atoms with Crippen molar-refractivity contribution in [2.24, 2.45) is 0 Å². The number of benzene rings is 2. The smallest absolute Gasteiger partial charge is 0.258 e. The highest BCUT2D eigenvalue weighted by atomic mass is 32.2. The van der Waals surface area contributed by atoms with Crippen LogP contribution in [0, 0.1) is 5.82 Å². The second-order valence-electron chi connectivity index (χ2n) is 6.38. The van der Waals surface area contributed by atoms with E-state index in [1.165, 1.54) is 36.2 Å². The highest BCUT2D eigenvalue weighted by Crippen LogP contribution is 2.27. The first-order valence-corrected chi connectivity index (χ1v) is 9.69. The highest BCUT2D eigenvalue weighted by Gasteiger charge is 2.25. The van der Waals surface area contributed by atoms with E-state index < -0.39 is 27.0 Å². The van der Waals surface area contributed by atoms with Crippen molar-refractivity contribution in [1.29, 1.82) is 0 Å². The van der Waals surface area contributed by atoms with Crippen molar-refractivity contribution < 1.29 is 17.6 Å². The molecule has 142 valence electrons. The van der Waals surface area contributed by atoms with Crippen LogP contribution in [-0.2, 0) is 10.0 Å². The lowest BCUT2D eigenvalue weighted by Gasteiger charge is -2.18. The third-order valence-corrected chi connectivity index (χ3v) is 6.32. The van der Waals surface area contributed by atoms with E-state index in [2.05, 4.69) is 4.98 Å². The maximum Gasteiger partial charge on any atom is 0.258 e. The molecular formula is C18H19FN4O3S. The molecule has 7 nitrogen and oxygen atoms in total. The number of nitrogens with zero attached hydrogens (tertiary/aromatic N) is 3. The van der Waals surface area contributed by atoms with Crippen LogP contribution in [0.4, 0.5) is 16.0 Å². The fourth-order valence-corrected chi connectivity index (χ4v) is 3.82. The van der Waals surface area contributed by atoms with Crippen LogP contribution < -0.4 is 10.6 Å². The number of amides is 1. The van der Waals surface area contributed by atoms with Crippen LogP contribution in [-0.4, -0.2) is 35.6 Å². The Morgan fingerprint density at radius 1 is 1.22 bits per heavy atom. The minimum Gasteiger partial charge on any atom is -0.368 e. The summed E-state index contributed by atoms with van der Waals surface area (Å²) in [6.45, 7) is 3.09. The van der Waals surface area contributed by atoms with Gasteiger partial charge in [-0.25, -0.2) is 21.8 Å². The second-order valence-corrected chi connectivity index (χ2v) is 8.71. The molecule has 0 aliphatic carbocycles. The Morgan fingerprint density at radius 2 is 1.93 bits per heavy atom. The van der Waals surface area contributed by atoms with Crippen molar-refractivity contribution in [2.45, 2.75) is 19.1 Å². The molecule has 0 atom stereocenters. The number of halogens is 1. The average molecular weight is 390 g/mol. The lowest BCUT2D eigenvalue weighted by molar-refractivity contribution is 0.0992. The van der Waals surface area contributed by atoms with Crippen LogP contribution in [0.5, 0.6) is 0 Å². The van der Waals surface area contributed by atoms with Gasteiger partial charge in [0, 0.05) is 18.3 Å². The molecule has 0 unspecified atom stereocenters. The van der Waals surface area contributed by atoms with Crippen LogP contribution in [0.25, 0.3) is 11.0 Å². The molecule has 3 rings (SSSR count). The third-order valence-electron chi connectivity index (χ3n) is 4.23. The first-order chi connectivity index (χ1) is 12.6. The monoisotopic (exact) mass is 390 g/mol. The summed E-state index contributed by atoms with van der Waals surface area (Å²) in [7, 11) is -2.21. The maximum absolute atomic E-state index is 13.4. The molecule has 0 aliphatic rings. The van der Waals surface area contributed by atoms with Crippen LogP contribution in [0.1, 0.15) is 24.2 Å². The number of hydrogen-bond acceptors (Lipinski definition) is 5. The van der Waals surface area contributed by atoms with Crippen molar-refractivity contribution in [3.63, 3.8) is 0 Å². The zero-order chi connectivity index (χ0) is 19.9. The van der Waals surface area contributed by atoms with Gasteiger partial charge in [0.25, 0.3) is 5.91 Å².